The molecule has 47 heavy (non-hydrogen) atoms. The van der Waals surface area contributed by atoms with Gasteiger partial charge in [0.15, 0.2) is 5.82 Å². The first kappa shape index (κ1) is 26.6. The summed E-state index contributed by atoms with van der Waals surface area (Å²) in [5, 5.41) is 5.15. The van der Waals surface area contributed by atoms with Crippen LogP contribution in [0.3, 0.4) is 0 Å². The van der Waals surface area contributed by atoms with Gasteiger partial charge < -0.3 is 4.57 Å². The summed E-state index contributed by atoms with van der Waals surface area (Å²) < 4.78 is 5.07. The Morgan fingerprint density at radius 3 is 2.15 bits per heavy atom. The van der Waals surface area contributed by atoms with Crippen LogP contribution in [0.25, 0.3) is 81.6 Å². The van der Waals surface area contributed by atoms with Crippen LogP contribution in [0.2, 0.25) is 0 Å². The summed E-state index contributed by atoms with van der Waals surface area (Å²) in [6.07, 6.45) is 0. The summed E-state index contributed by atoms with van der Waals surface area (Å²) >= 11 is 1.87. The summed E-state index contributed by atoms with van der Waals surface area (Å²) in [4.78, 5) is 10.6. The highest BCUT2D eigenvalue weighted by Crippen LogP contribution is 2.51. The molecule has 0 N–H and O–H groups in total. The molecule has 3 nitrogen and oxygen atoms in total. The van der Waals surface area contributed by atoms with E-state index in [1.165, 1.54) is 58.7 Å². The van der Waals surface area contributed by atoms with Gasteiger partial charge in [0.2, 0.25) is 0 Å². The maximum atomic E-state index is 5.36. The fourth-order valence-electron chi connectivity index (χ4n) is 7.80. The second-order valence-electron chi connectivity index (χ2n) is 13.0. The summed E-state index contributed by atoms with van der Waals surface area (Å²) in [7, 11) is 0. The maximum Gasteiger partial charge on any atom is 0.160 e. The quantitative estimate of drug-likeness (QED) is 0.197. The summed E-state index contributed by atoms with van der Waals surface area (Å²) in [6.45, 7) is 4.61. The van der Waals surface area contributed by atoms with Gasteiger partial charge in [0, 0.05) is 64.3 Å². The lowest BCUT2D eigenvalue weighted by Crippen LogP contribution is -2.17. The Kier molecular flexibility index (Phi) is 5.50. The highest BCUT2D eigenvalue weighted by Gasteiger charge is 2.40. The third kappa shape index (κ3) is 3.79. The largest absolute Gasteiger partial charge is 0.309 e. The third-order valence-electron chi connectivity index (χ3n) is 9.97. The van der Waals surface area contributed by atoms with Crippen molar-refractivity contribution in [2.45, 2.75) is 19.3 Å². The minimum absolute atomic E-state index is 0.245. The maximum absolute atomic E-state index is 5.36. The van der Waals surface area contributed by atoms with E-state index in [-0.39, 0.29) is 5.41 Å². The fraction of sp³-hybridized carbons (Fsp3) is 0.0698. The van der Waals surface area contributed by atoms with Crippen molar-refractivity contribution in [3.8, 4) is 39.6 Å². The molecule has 0 radical (unpaired) electrons. The number of nitrogens with zero attached hydrogens (tertiary/aromatic N) is 3. The molecule has 0 spiro atoms. The zero-order valence-electron chi connectivity index (χ0n) is 26.0. The number of aromatic nitrogens is 3. The molecule has 1 aliphatic rings. The molecule has 0 saturated carbocycles. The number of thiophene rings is 1. The van der Waals surface area contributed by atoms with Crippen LogP contribution < -0.4 is 0 Å². The average molecular weight is 620 g/mol. The van der Waals surface area contributed by atoms with E-state index in [1.807, 2.05) is 17.4 Å². The van der Waals surface area contributed by atoms with Crippen LogP contribution >= 0.6 is 11.3 Å². The van der Waals surface area contributed by atoms with Crippen LogP contribution in [0, 0.1) is 0 Å². The first-order valence-corrected chi connectivity index (χ1v) is 16.9. The molecule has 3 heterocycles. The predicted molar refractivity (Wildman–Crippen MR) is 198 cm³/mol. The van der Waals surface area contributed by atoms with Crippen molar-refractivity contribution < 1.29 is 0 Å². The molecule has 0 fully saturated rings. The van der Waals surface area contributed by atoms with E-state index < -0.39 is 0 Å². The van der Waals surface area contributed by atoms with Crippen molar-refractivity contribution >= 4 is 53.3 Å². The molecule has 1 aliphatic carbocycles. The second kappa shape index (κ2) is 9.71. The van der Waals surface area contributed by atoms with Crippen LogP contribution in [0.4, 0.5) is 0 Å². The topological polar surface area (TPSA) is 30.7 Å². The Morgan fingerprint density at radius 2 is 1.26 bits per heavy atom. The second-order valence-corrected chi connectivity index (χ2v) is 14.1. The predicted octanol–water partition coefficient (Wildman–Crippen LogP) is 11.6. The van der Waals surface area contributed by atoms with Gasteiger partial charge in [-0.25, -0.2) is 9.97 Å². The smallest absolute Gasteiger partial charge is 0.160 e. The molecule has 0 saturated heterocycles. The monoisotopic (exact) mass is 619 g/mol. The van der Waals surface area contributed by atoms with Gasteiger partial charge in [-0.05, 0) is 42.0 Å². The van der Waals surface area contributed by atoms with E-state index in [0.29, 0.717) is 0 Å². The molecular formula is C43H29N3S. The number of benzene rings is 6. The molecule has 222 valence electrons. The van der Waals surface area contributed by atoms with Crippen molar-refractivity contribution in [3.63, 3.8) is 0 Å². The zero-order chi connectivity index (χ0) is 31.3. The molecule has 4 heteroatoms. The zero-order valence-corrected chi connectivity index (χ0v) is 26.8. The fourth-order valence-corrected chi connectivity index (χ4v) is 8.93. The molecule has 9 aromatic rings. The Bertz CT molecular complexity index is 2710. The Labute approximate surface area is 276 Å². The lowest BCUT2D eigenvalue weighted by atomic mass is 9.81. The molecule has 0 bridgehead atoms. The van der Waals surface area contributed by atoms with Gasteiger partial charge >= 0.3 is 0 Å². The van der Waals surface area contributed by atoms with Gasteiger partial charge in [-0.15, -0.1) is 11.3 Å². The van der Waals surface area contributed by atoms with Crippen LogP contribution in [0.15, 0.2) is 140 Å². The Hall–Kier alpha value is -5.58. The van der Waals surface area contributed by atoms with Crippen molar-refractivity contribution in [1.82, 2.24) is 14.5 Å². The van der Waals surface area contributed by atoms with Gasteiger partial charge in [-0.3, -0.25) is 0 Å². The van der Waals surface area contributed by atoms with Crippen molar-refractivity contribution in [2.75, 3.05) is 0 Å². The van der Waals surface area contributed by atoms with Gasteiger partial charge in [0.1, 0.15) is 0 Å². The van der Waals surface area contributed by atoms with E-state index >= 15 is 0 Å². The number of fused-ring (bicyclic) bond motifs is 9. The van der Waals surface area contributed by atoms with E-state index in [2.05, 4.69) is 152 Å². The molecule has 0 aliphatic heterocycles. The first-order valence-electron chi connectivity index (χ1n) is 16.1. The highest BCUT2D eigenvalue weighted by molar-refractivity contribution is 7.25. The third-order valence-corrected chi connectivity index (χ3v) is 11.1. The van der Waals surface area contributed by atoms with Crippen molar-refractivity contribution in [2.24, 2.45) is 0 Å². The SMILES string of the molecule is CC1(C)c2ccccc2-c2nc(-c3ccccc3)nc(-c3cccc(-n4c5ccccc5c5cc6sc7ccccc7c6cc54)c3)c21. The van der Waals surface area contributed by atoms with E-state index in [4.69, 9.17) is 9.97 Å². The van der Waals surface area contributed by atoms with Crippen LogP contribution in [0.1, 0.15) is 25.0 Å². The van der Waals surface area contributed by atoms with Crippen LogP contribution in [-0.4, -0.2) is 14.5 Å². The van der Waals surface area contributed by atoms with Gasteiger partial charge in [-0.2, -0.15) is 0 Å². The number of hydrogen-bond donors (Lipinski definition) is 0. The van der Waals surface area contributed by atoms with E-state index in [9.17, 15) is 0 Å². The normalized spacial score (nSPS) is 13.5. The minimum Gasteiger partial charge on any atom is -0.309 e. The lowest BCUT2D eigenvalue weighted by Gasteiger charge is -2.24. The number of rotatable bonds is 3. The molecule has 10 rings (SSSR count). The van der Waals surface area contributed by atoms with Crippen molar-refractivity contribution in [1.29, 1.82) is 0 Å². The molecular weight excluding hydrogens is 591 g/mol. The molecule has 3 aromatic heterocycles. The standard InChI is InChI=1S/C43H29N3S/c1-43(2)34-20-9-6-19-31(34)41-39(43)40(44-42(45-41)26-13-4-3-5-14-26)27-15-12-16-28(23-27)46-35-21-10-7-17-29(35)32-25-38-33(24-36(32)46)30-18-8-11-22-37(30)47-38/h3-25H,1-2H3. The van der Waals surface area contributed by atoms with Gasteiger partial charge in [-0.1, -0.05) is 117 Å². The molecule has 6 aromatic carbocycles. The lowest BCUT2D eigenvalue weighted by molar-refractivity contribution is 0.658. The van der Waals surface area contributed by atoms with Crippen molar-refractivity contribution in [3.05, 3.63) is 151 Å². The Morgan fingerprint density at radius 1 is 0.532 bits per heavy atom. The minimum atomic E-state index is -0.245. The van der Waals surface area contributed by atoms with Crippen LogP contribution in [0.5, 0.6) is 0 Å². The van der Waals surface area contributed by atoms with Crippen LogP contribution in [-0.2, 0) is 5.41 Å². The van der Waals surface area contributed by atoms with Gasteiger partial charge in [0.05, 0.1) is 22.4 Å². The molecule has 0 unspecified atom stereocenters. The number of hydrogen-bond acceptors (Lipinski definition) is 3. The molecule has 0 amide bonds. The number of para-hydroxylation sites is 1. The summed E-state index contributed by atoms with van der Waals surface area (Å²) in [5.41, 5.74) is 11.1. The van der Waals surface area contributed by atoms with Gasteiger partial charge in [0.25, 0.3) is 0 Å². The summed E-state index contributed by atoms with van der Waals surface area (Å²) in [6, 6.07) is 50.3. The van der Waals surface area contributed by atoms with E-state index in [1.54, 1.807) is 0 Å². The highest BCUT2D eigenvalue weighted by atomic mass is 32.1. The first-order chi connectivity index (χ1) is 23.1. The average Bonchev–Trinajstić information content (AvgIpc) is 3.72. The molecule has 0 atom stereocenters. The Balaban J connectivity index is 1.25. The summed E-state index contributed by atoms with van der Waals surface area (Å²) in [5.74, 6) is 0.751. The van der Waals surface area contributed by atoms with E-state index in [0.717, 1.165) is 34.0 Å².